The molecule has 1 N–H and O–H groups in total. The highest BCUT2D eigenvalue weighted by Gasteiger charge is 2.09. The van der Waals surface area contributed by atoms with E-state index in [1.54, 1.807) is 24.3 Å². The second-order valence-electron chi connectivity index (χ2n) is 5.10. The lowest BCUT2D eigenvalue weighted by molar-refractivity contribution is -0.123. The number of halogens is 1. The van der Waals surface area contributed by atoms with Gasteiger partial charge in [0.2, 0.25) is 0 Å². The zero-order valence-electron chi connectivity index (χ0n) is 12.6. The number of nitrogens with zero attached hydrogens (tertiary/aromatic N) is 2. The van der Waals surface area contributed by atoms with Gasteiger partial charge in [-0.2, -0.15) is 0 Å². The number of hydrogen-bond acceptors (Lipinski definition) is 3. The van der Waals surface area contributed by atoms with Gasteiger partial charge in [0, 0.05) is 12.1 Å². The Labute approximate surface area is 138 Å². The molecule has 118 valence electrons. The average molecular weight is 330 g/mol. The maximum absolute atomic E-state index is 11.9. The standard InChI is InChI=1S/C17H16ClN3O2/c1-21-15-5-3-2-4-14(15)20-16(21)10-19-17(22)11-23-13-8-6-12(18)7-9-13/h2-9H,10-11H2,1H3,(H,19,22). The van der Waals surface area contributed by atoms with Crippen LogP contribution in [0.2, 0.25) is 5.02 Å². The molecule has 0 bridgehead atoms. The van der Waals surface area contributed by atoms with Gasteiger partial charge >= 0.3 is 0 Å². The number of carbonyl (C=O) groups excluding carboxylic acids is 1. The highest BCUT2D eigenvalue weighted by Crippen LogP contribution is 2.15. The van der Waals surface area contributed by atoms with Crippen LogP contribution in [0.5, 0.6) is 5.75 Å². The number of rotatable bonds is 5. The summed E-state index contributed by atoms with van der Waals surface area (Å²) in [6.07, 6.45) is 0. The van der Waals surface area contributed by atoms with Gasteiger partial charge in [-0.05, 0) is 36.4 Å². The van der Waals surface area contributed by atoms with Crippen molar-refractivity contribution in [3.05, 3.63) is 59.4 Å². The second kappa shape index (κ2) is 6.71. The first-order valence-electron chi connectivity index (χ1n) is 7.19. The maximum Gasteiger partial charge on any atom is 0.258 e. The molecule has 0 radical (unpaired) electrons. The molecule has 3 rings (SSSR count). The van der Waals surface area contributed by atoms with Crippen LogP contribution in [0.15, 0.2) is 48.5 Å². The van der Waals surface area contributed by atoms with Crippen molar-refractivity contribution in [2.24, 2.45) is 7.05 Å². The molecule has 0 fully saturated rings. The summed E-state index contributed by atoms with van der Waals surface area (Å²) in [7, 11) is 1.93. The Balaban J connectivity index is 1.55. The third-order valence-electron chi connectivity index (χ3n) is 3.51. The summed E-state index contributed by atoms with van der Waals surface area (Å²) in [5.74, 6) is 1.20. The summed E-state index contributed by atoms with van der Waals surface area (Å²) in [5.41, 5.74) is 1.95. The van der Waals surface area contributed by atoms with Crippen LogP contribution in [0.4, 0.5) is 0 Å². The monoisotopic (exact) mass is 329 g/mol. The van der Waals surface area contributed by atoms with Crippen molar-refractivity contribution in [2.45, 2.75) is 6.54 Å². The van der Waals surface area contributed by atoms with Crippen LogP contribution in [-0.2, 0) is 18.4 Å². The number of ether oxygens (including phenoxy) is 1. The van der Waals surface area contributed by atoms with Crippen molar-refractivity contribution in [3.63, 3.8) is 0 Å². The number of carbonyl (C=O) groups is 1. The van der Waals surface area contributed by atoms with Gasteiger partial charge in [-0.3, -0.25) is 4.79 Å². The van der Waals surface area contributed by atoms with E-state index < -0.39 is 0 Å². The second-order valence-corrected chi connectivity index (χ2v) is 5.53. The van der Waals surface area contributed by atoms with Crippen molar-refractivity contribution >= 4 is 28.5 Å². The molecule has 0 saturated carbocycles. The minimum Gasteiger partial charge on any atom is -0.484 e. The molecule has 0 aliphatic carbocycles. The molecule has 5 nitrogen and oxygen atoms in total. The number of benzene rings is 2. The number of imidazole rings is 1. The molecule has 1 aromatic heterocycles. The number of aryl methyl sites for hydroxylation is 1. The molecule has 0 aliphatic heterocycles. The van der Waals surface area contributed by atoms with Gasteiger partial charge in [0.05, 0.1) is 17.6 Å². The predicted molar refractivity (Wildman–Crippen MR) is 89.5 cm³/mol. The number of hydrogen-bond donors (Lipinski definition) is 1. The average Bonchev–Trinajstić information content (AvgIpc) is 2.89. The quantitative estimate of drug-likeness (QED) is 0.783. The van der Waals surface area contributed by atoms with Gasteiger partial charge in [-0.1, -0.05) is 23.7 Å². The molecule has 1 heterocycles. The van der Waals surface area contributed by atoms with E-state index in [0.29, 0.717) is 17.3 Å². The van der Waals surface area contributed by atoms with Gasteiger partial charge in [0.15, 0.2) is 6.61 Å². The molecular formula is C17H16ClN3O2. The number of nitrogens with one attached hydrogen (secondary N) is 1. The van der Waals surface area contributed by atoms with Crippen LogP contribution in [0, 0.1) is 0 Å². The van der Waals surface area contributed by atoms with Crippen LogP contribution in [-0.4, -0.2) is 22.1 Å². The maximum atomic E-state index is 11.9. The third-order valence-corrected chi connectivity index (χ3v) is 3.76. The van der Waals surface area contributed by atoms with Crippen LogP contribution < -0.4 is 10.1 Å². The molecule has 0 saturated heterocycles. The van der Waals surface area contributed by atoms with Crippen molar-refractivity contribution in [1.29, 1.82) is 0 Å². The number of amides is 1. The van der Waals surface area contributed by atoms with Gasteiger partial charge in [0.1, 0.15) is 11.6 Å². The lowest BCUT2D eigenvalue weighted by Crippen LogP contribution is -2.29. The van der Waals surface area contributed by atoms with Crippen molar-refractivity contribution < 1.29 is 9.53 Å². The lowest BCUT2D eigenvalue weighted by atomic mass is 10.3. The molecule has 2 aromatic carbocycles. The van der Waals surface area contributed by atoms with Crippen molar-refractivity contribution in [1.82, 2.24) is 14.9 Å². The van der Waals surface area contributed by atoms with Crippen LogP contribution >= 0.6 is 11.6 Å². The zero-order valence-corrected chi connectivity index (χ0v) is 13.4. The first kappa shape index (κ1) is 15.4. The normalized spacial score (nSPS) is 10.7. The van der Waals surface area contributed by atoms with Crippen LogP contribution in [0.3, 0.4) is 0 Å². The van der Waals surface area contributed by atoms with E-state index in [0.717, 1.165) is 16.9 Å². The molecule has 6 heteroatoms. The summed E-state index contributed by atoms with van der Waals surface area (Å²) < 4.78 is 7.37. The van der Waals surface area contributed by atoms with Gasteiger partial charge < -0.3 is 14.6 Å². The van der Waals surface area contributed by atoms with Crippen LogP contribution in [0.25, 0.3) is 11.0 Å². The lowest BCUT2D eigenvalue weighted by Gasteiger charge is -2.07. The fourth-order valence-electron chi connectivity index (χ4n) is 2.26. The van der Waals surface area contributed by atoms with Crippen molar-refractivity contribution in [3.8, 4) is 5.75 Å². The zero-order chi connectivity index (χ0) is 16.2. The van der Waals surface area contributed by atoms with E-state index in [-0.39, 0.29) is 12.5 Å². The summed E-state index contributed by atoms with van der Waals surface area (Å²) in [4.78, 5) is 16.4. The smallest absolute Gasteiger partial charge is 0.258 e. The minimum atomic E-state index is -0.202. The number of fused-ring (bicyclic) bond motifs is 1. The van der Waals surface area contributed by atoms with E-state index in [9.17, 15) is 4.79 Å². The topological polar surface area (TPSA) is 56.2 Å². The molecule has 0 atom stereocenters. The van der Waals surface area contributed by atoms with Crippen molar-refractivity contribution in [2.75, 3.05) is 6.61 Å². The third kappa shape index (κ3) is 3.63. The number of para-hydroxylation sites is 2. The summed E-state index contributed by atoms with van der Waals surface area (Å²) in [5, 5.41) is 3.44. The van der Waals surface area contributed by atoms with E-state index in [2.05, 4.69) is 10.3 Å². The Morgan fingerprint density at radius 1 is 1.22 bits per heavy atom. The fraction of sp³-hybridized carbons (Fsp3) is 0.176. The first-order chi connectivity index (χ1) is 11.1. The van der Waals surface area contributed by atoms with E-state index in [1.807, 2.05) is 35.9 Å². The van der Waals surface area contributed by atoms with E-state index in [4.69, 9.17) is 16.3 Å². The molecular weight excluding hydrogens is 314 g/mol. The Hall–Kier alpha value is -2.53. The fourth-order valence-corrected chi connectivity index (χ4v) is 2.39. The van der Waals surface area contributed by atoms with E-state index in [1.165, 1.54) is 0 Å². The summed E-state index contributed by atoms with van der Waals surface area (Å²) in [6.45, 7) is 0.305. The molecule has 23 heavy (non-hydrogen) atoms. The molecule has 0 unspecified atom stereocenters. The summed E-state index contributed by atoms with van der Waals surface area (Å²) >= 11 is 5.80. The molecule has 0 aliphatic rings. The SMILES string of the molecule is Cn1c(CNC(=O)COc2ccc(Cl)cc2)nc2ccccc21. The molecule has 1 amide bonds. The summed E-state index contributed by atoms with van der Waals surface area (Å²) in [6, 6.07) is 14.7. The predicted octanol–water partition coefficient (Wildman–Crippen LogP) is 2.92. The first-order valence-corrected chi connectivity index (χ1v) is 7.56. The highest BCUT2D eigenvalue weighted by atomic mass is 35.5. The molecule has 3 aromatic rings. The molecule has 0 spiro atoms. The van der Waals surface area contributed by atoms with Gasteiger partial charge in [0.25, 0.3) is 5.91 Å². The van der Waals surface area contributed by atoms with Crippen LogP contribution in [0.1, 0.15) is 5.82 Å². The van der Waals surface area contributed by atoms with E-state index >= 15 is 0 Å². The largest absolute Gasteiger partial charge is 0.484 e. The Bertz CT molecular complexity index is 827. The highest BCUT2D eigenvalue weighted by molar-refractivity contribution is 6.30. The van der Waals surface area contributed by atoms with Gasteiger partial charge in [-0.15, -0.1) is 0 Å². The van der Waals surface area contributed by atoms with Gasteiger partial charge in [-0.25, -0.2) is 4.98 Å². The Morgan fingerprint density at radius 2 is 1.96 bits per heavy atom. The number of aromatic nitrogens is 2. The minimum absolute atomic E-state index is 0.0500. The Morgan fingerprint density at radius 3 is 2.70 bits per heavy atom. The Kier molecular flexibility index (Phi) is 4.48.